The van der Waals surface area contributed by atoms with E-state index in [2.05, 4.69) is 13.0 Å². The molecule has 0 aromatic heterocycles. The van der Waals surface area contributed by atoms with Crippen molar-refractivity contribution in [2.45, 2.75) is 46.3 Å². The van der Waals surface area contributed by atoms with E-state index in [-0.39, 0.29) is 0 Å². The molecule has 0 bridgehead atoms. The van der Waals surface area contributed by atoms with Crippen molar-refractivity contribution in [3.05, 3.63) is 34.9 Å². The van der Waals surface area contributed by atoms with Gasteiger partial charge < -0.3 is 9.84 Å². The fraction of sp³-hybridized carbons (Fsp3) is 0.571. The molecule has 2 heteroatoms. The highest BCUT2D eigenvalue weighted by molar-refractivity contribution is 5.35. The molecule has 0 amide bonds. The van der Waals surface area contributed by atoms with Crippen molar-refractivity contribution < 1.29 is 9.84 Å². The van der Waals surface area contributed by atoms with Crippen LogP contribution in [0.15, 0.2) is 18.2 Å². The SMILES string of the molecule is CCOC(C)(C)C(O)c1cccc(C)c1C. The standard InChI is InChI=1S/C14H22O2/c1-6-16-14(4,5)13(15)12-9-7-8-10(2)11(12)3/h7-9,13,15H,6H2,1-5H3. The number of ether oxygens (including phenoxy) is 1. The lowest BCUT2D eigenvalue weighted by molar-refractivity contribution is -0.0985. The summed E-state index contributed by atoms with van der Waals surface area (Å²) < 4.78 is 5.59. The van der Waals surface area contributed by atoms with Gasteiger partial charge in [0.1, 0.15) is 6.10 Å². The van der Waals surface area contributed by atoms with E-state index < -0.39 is 11.7 Å². The Hall–Kier alpha value is -0.860. The maximum atomic E-state index is 10.4. The molecular formula is C14H22O2. The molecule has 0 radical (unpaired) electrons. The van der Waals surface area contributed by atoms with Gasteiger partial charge in [0.25, 0.3) is 0 Å². The fourth-order valence-electron chi connectivity index (χ4n) is 1.90. The molecule has 1 atom stereocenters. The highest BCUT2D eigenvalue weighted by Crippen LogP contribution is 2.31. The Labute approximate surface area is 98.3 Å². The molecule has 1 aromatic carbocycles. The van der Waals surface area contributed by atoms with E-state index in [1.165, 1.54) is 5.56 Å². The Morgan fingerprint density at radius 3 is 2.50 bits per heavy atom. The van der Waals surface area contributed by atoms with Gasteiger partial charge in [0.15, 0.2) is 0 Å². The molecule has 1 aromatic rings. The Kier molecular flexibility index (Phi) is 4.11. The maximum absolute atomic E-state index is 10.4. The van der Waals surface area contributed by atoms with Crippen LogP contribution in [0.1, 0.15) is 43.6 Å². The number of rotatable bonds is 4. The minimum atomic E-state index is -0.590. The first-order chi connectivity index (χ1) is 7.40. The summed E-state index contributed by atoms with van der Waals surface area (Å²) in [6, 6.07) is 6.00. The summed E-state index contributed by atoms with van der Waals surface area (Å²) in [4.78, 5) is 0. The van der Waals surface area contributed by atoms with Crippen molar-refractivity contribution in [2.75, 3.05) is 6.61 Å². The van der Waals surface area contributed by atoms with Crippen LogP contribution in [0.5, 0.6) is 0 Å². The van der Waals surface area contributed by atoms with Gasteiger partial charge in [-0.2, -0.15) is 0 Å². The van der Waals surface area contributed by atoms with Gasteiger partial charge >= 0.3 is 0 Å². The first kappa shape index (κ1) is 13.2. The van der Waals surface area contributed by atoms with Crippen molar-refractivity contribution in [3.8, 4) is 0 Å². The number of aliphatic hydroxyl groups is 1. The largest absolute Gasteiger partial charge is 0.385 e. The van der Waals surface area contributed by atoms with Gasteiger partial charge in [0.2, 0.25) is 0 Å². The zero-order valence-electron chi connectivity index (χ0n) is 10.9. The average Bonchev–Trinajstić information content (AvgIpc) is 2.21. The second-order valence-electron chi connectivity index (χ2n) is 4.73. The van der Waals surface area contributed by atoms with Crippen LogP contribution in [0.4, 0.5) is 0 Å². The number of aryl methyl sites for hydroxylation is 1. The summed E-state index contributed by atoms with van der Waals surface area (Å²) in [7, 11) is 0. The Balaban J connectivity index is 3.04. The topological polar surface area (TPSA) is 29.5 Å². The zero-order chi connectivity index (χ0) is 12.3. The van der Waals surface area contributed by atoms with Gasteiger partial charge in [-0.05, 0) is 51.3 Å². The second kappa shape index (κ2) is 4.98. The summed E-state index contributed by atoms with van der Waals surface area (Å²) in [5, 5.41) is 10.4. The molecule has 1 rings (SSSR count). The molecular weight excluding hydrogens is 200 g/mol. The molecule has 0 fully saturated rings. The summed E-state index contributed by atoms with van der Waals surface area (Å²) >= 11 is 0. The van der Waals surface area contributed by atoms with Gasteiger partial charge in [-0.15, -0.1) is 0 Å². The molecule has 0 aliphatic heterocycles. The summed E-state index contributed by atoms with van der Waals surface area (Å²) in [6.45, 7) is 10.5. The van der Waals surface area contributed by atoms with Crippen LogP contribution in [-0.4, -0.2) is 17.3 Å². The third-order valence-electron chi connectivity index (χ3n) is 3.12. The van der Waals surface area contributed by atoms with E-state index in [9.17, 15) is 5.11 Å². The normalized spacial score (nSPS) is 13.9. The van der Waals surface area contributed by atoms with Crippen LogP contribution in [0.25, 0.3) is 0 Å². The molecule has 0 heterocycles. The quantitative estimate of drug-likeness (QED) is 0.848. The molecule has 0 aliphatic carbocycles. The predicted molar refractivity (Wildman–Crippen MR) is 66.6 cm³/mol. The lowest BCUT2D eigenvalue weighted by atomic mass is 9.90. The fourth-order valence-corrected chi connectivity index (χ4v) is 1.90. The van der Waals surface area contributed by atoms with E-state index in [1.807, 2.05) is 39.8 Å². The van der Waals surface area contributed by atoms with Crippen LogP contribution >= 0.6 is 0 Å². The predicted octanol–water partition coefficient (Wildman–Crippen LogP) is 3.15. The van der Waals surface area contributed by atoms with E-state index in [0.29, 0.717) is 6.61 Å². The Morgan fingerprint density at radius 2 is 1.94 bits per heavy atom. The lowest BCUT2D eigenvalue weighted by Gasteiger charge is -2.31. The number of hydrogen-bond donors (Lipinski definition) is 1. The van der Waals surface area contributed by atoms with Gasteiger partial charge in [-0.25, -0.2) is 0 Å². The molecule has 0 spiro atoms. The Bertz CT molecular complexity index is 356. The van der Waals surface area contributed by atoms with Crippen LogP contribution in [0, 0.1) is 13.8 Å². The first-order valence-corrected chi connectivity index (χ1v) is 5.78. The smallest absolute Gasteiger partial charge is 0.108 e. The molecule has 1 N–H and O–H groups in total. The number of hydrogen-bond acceptors (Lipinski definition) is 2. The first-order valence-electron chi connectivity index (χ1n) is 5.78. The minimum absolute atomic E-state index is 0.548. The summed E-state index contributed by atoms with van der Waals surface area (Å²) in [5.74, 6) is 0. The van der Waals surface area contributed by atoms with Crippen LogP contribution in [0.3, 0.4) is 0 Å². The maximum Gasteiger partial charge on any atom is 0.108 e. The van der Waals surface area contributed by atoms with E-state index >= 15 is 0 Å². The van der Waals surface area contributed by atoms with Crippen LogP contribution < -0.4 is 0 Å². The van der Waals surface area contributed by atoms with Gasteiger partial charge in [-0.3, -0.25) is 0 Å². The highest BCUT2D eigenvalue weighted by atomic mass is 16.5. The Morgan fingerprint density at radius 1 is 1.31 bits per heavy atom. The third-order valence-corrected chi connectivity index (χ3v) is 3.12. The van der Waals surface area contributed by atoms with Crippen molar-refractivity contribution in [1.29, 1.82) is 0 Å². The lowest BCUT2D eigenvalue weighted by Crippen LogP contribution is -2.33. The monoisotopic (exact) mass is 222 g/mol. The molecule has 1 unspecified atom stereocenters. The van der Waals surface area contributed by atoms with Crippen molar-refractivity contribution >= 4 is 0 Å². The van der Waals surface area contributed by atoms with Crippen molar-refractivity contribution in [1.82, 2.24) is 0 Å². The summed E-state index contributed by atoms with van der Waals surface area (Å²) in [6.07, 6.45) is -0.590. The van der Waals surface area contributed by atoms with Crippen molar-refractivity contribution in [3.63, 3.8) is 0 Å². The number of aliphatic hydroxyl groups excluding tert-OH is 1. The van der Waals surface area contributed by atoms with E-state index in [4.69, 9.17) is 4.74 Å². The molecule has 0 saturated carbocycles. The molecule has 90 valence electrons. The van der Waals surface area contributed by atoms with Crippen molar-refractivity contribution in [2.24, 2.45) is 0 Å². The zero-order valence-corrected chi connectivity index (χ0v) is 10.9. The van der Waals surface area contributed by atoms with Gasteiger partial charge in [0.05, 0.1) is 5.60 Å². The van der Waals surface area contributed by atoms with E-state index in [0.717, 1.165) is 11.1 Å². The molecule has 0 saturated heterocycles. The third kappa shape index (κ3) is 2.63. The van der Waals surface area contributed by atoms with Crippen LogP contribution in [-0.2, 0) is 4.74 Å². The van der Waals surface area contributed by atoms with E-state index in [1.54, 1.807) is 0 Å². The van der Waals surface area contributed by atoms with Crippen LogP contribution in [0.2, 0.25) is 0 Å². The average molecular weight is 222 g/mol. The van der Waals surface area contributed by atoms with Gasteiger partial charge in [-0.1, -0.05) is 18.2 Å². The molecule has 2 nitrogen and oxygen atoms in total. The second-order valence-corrected chi connectivity index (χ2v) is 4.73. The van der Waals surface area contributed by atoms with Gasteiger partial charge in [0, 0.05) is 6.61 Å². The minimum Gasteiger partial charge on any atom is -0.385 e. The highest BCUT2D eigenvalue weighted by Gasteiger charge is 2.30. The number of benzene rings is 1. The molecule has 16 heavy (non-hydrogen) atoms. The summed E-state index contributed by atoms with van der Waals surface area (Å²) in [5.41, 5.74) is 2.75. The molecule has 0 aliphatic rings.